The predicted molar refractivity (Wildman–Crippen MR) is 113 cm³/mol. The van der Waals surface area contributed by atoms with Crippen LogP contribution in [0, 0.1) is 0 Å². The summed E-state index contributed by atoms with van der Waals surface area (Å²) in [7, 11) is 0. The van der Waals surface area contributed by atoms with E-state index in [2.05, 4.69) is 5.32 Å². The molecule has 0 unspecified atom stereocenters. The number of rotatable bonds is 9. The molecule has 2 amide bonds. The maximum Gasteiger partial charge on any atom is 0.420 e. The molecule has 8 nitrogen and oxygen atoms in total. The summed E-state index contributed by atoms with van der Waals surface area (Å²) in [4.78, 5) is 38.0. The topological polar surface area (TPSA) is 94.2 Å². The Labute approximate surface area is 178 Å². The molecule has 0 aliphatic rings. The van der Waals surface area contributed by atoms with Gasteiger partial charge in [-0.1, -0.05) is 30.3 Å². The van der Waals surface area contributed by atoms with Gasteiger partial charge in [0.05, 0.1) is 6.61 Å². The Kier molecular flexibility index (Phi) is 10.3. The van der Waals surface area contributed by atoms with Crippen LogP contribution in [0.5, 0.6) is 0 Å². The molecule has 0 spiro atoms. The lowest BCUT2D eigenvalue weighted by Crippen LogP contribution is -2.47. The minimum atomic E-state index is -0.779. The van der Waals surface area contributed by atoms with Crippen molar-refractivity contribution in [2.45, 2.75) is 72.3 Å². The van der Waals surface area contributed by atoms with E-state index in [1.54, 1.807) is 41.5 Å². The molecule has 30 heavy (non-hydrogen) atoms. The van der Waals surface area contributed by atoms with E-state index >= 15 is 0 Å². The van der Waals surface area contributed by atoms with Gasteiger partial charge in [0.1, 0.15) is 18.2 Å². The summed E-state index contributed by atoms with van der Waals surface area (Å²) in [5.74, 6) is -0.351. The largest absolute Gasteiger partial charge is 0.465 e. The Bertz CT molecular complexity index is 687. The van der Waals surface area contributed by atoms with Gasteiger partial charge < -0.3 is 19.5 Å². The first-order valence-electron chi connectivity index (χ1n) is 10.2. The predicted octanol–water partition coefficient (Wildman–Crippen LogP) is 3.88. The van der Waals surface area contributed by atoms with Gasteiger partial charge in [-0.25, -0.2) is 14.5 Å². The molecule has 8 heteroatoms. The number of carbonyl (C=O) groups is 3. The molecule has 0 heterocycles. The lowest BCUT2D eigenvalue weighted by molar-refractivity contribution is -0.145. The third kappa shape index (κ3) is 9.26. The summed E-state index contributed by atoms with van der Waals surface area (Å²) in [5.41, 5.74) is 0.0541. The molecule has 1 aromatic carbocycles. The molecule has 1 aromatic rings. The molecular formula is C22H34N2O6. The van der Waals surface area contributed by atoms with Gasteiger partial charge in [0, 0.05) is 6.04 Å². The second-order valence-electron chi connectivity index (χ2n) is 7.96. The summed E-state index contributed by atoms with van der Waals surface area (Å²) >= 11 is 0. The molecule has 0 radical (unpaired) electrons. The highest BCUT2D eigenvalue weighted by Crippen LogP contribution is 2.15. The number of ether oxygens (including phenoxy) is 3. The molecule has 0 saturated heterocycles. The quantitative estimate of drug-likeness (QED) is 0.477. The van der Waals surface area contributed by atoms with Crippen molar-refractivity contribution in [2.24, 2.45) is 0 Å². The van der Waals surface area contributed by atoms with Crippen molar-refractivity contribution in [3.05, 3.63) is 35.9 Å². The van der Waals surface area contributed by atoms with Gasteiger partial charge in [0.2, 0.25) is 0 Å². The number of esters is 1. The lowest BCUT2D eigenvalue weighted by Gasteiger charge is -2.30. The van der Waals surface area contributed by atoms with Crippen LogP contribution in [0.4, 0.5) is 9.59 Å². The van der Waals surface area contributed by atoms with Crippen LogP contribution in [-0.2, 0) is 25.6 Å². The molecule has 0 aromatic heterocycles. The lowest BCUT2D eigenvalue weighted by atomic mass is 10.2. The number of imide groups is 1. The van der Waals surface area contributed by atoms with E-state index in [1.165, 1.54) is 0 Å². The summed E-state index contributed by atoms with van der Waals surface area (Å²) in [6, 6.07) is 8.21. The van der Waals surface area contributed by atoms with Crippen LogP contribution in [0.3, 0.4) is 0 Å². The fourth-order valence-electron chi connectivity index (χ4n) is 2.52. The molecule has 2 atom stereocenters. The highest BCUT2D eigenvalue weighted by Gasteiger charge is 2.32. The van der Waals surface area contributed by atoms with Gasteiger partial charge in [-0.2, -0.15) is 0 Å². The third-order valence-corrected chi connectivity index (χ3v) is 4.09. The molecule has 1 rings (SSSR count). The van der Waals surface area contributed by atoms with Crippen molar-refractivity contribution >= 4 is 18.2 Å². The van der Waals surface area contributed by atoms with Crippen LogP contribution in [0.1, 0.15) is 53.5 Å². The Morgan fingerprint density at radius 2 is 1.67 bits per heavy atom. The number of carbonyl (C=O) groups excluding carboxylic acids is 3. The monoisotopic (exact) mass is 422 g/mol. The maximum absolute atomic E-state index is 12.7. The summed E-state index contributed by atoms with van der Waals surface area (Å²) in [6.07, 6.45) is -1.14. The van der Waals surface area contributed by atoms with Crippen molar-refractivity contribution in [2.75, 3.05) is 13.2 Å². The highest BCUT2D eigenvalue weighted by molar-refractivity contribution is 5.88. The van der Waals surface area contributed by atoms with Crippen molar-refractivity contribution < 1.29 is 28.6 Å². The van der Waals surface area contributed by atoms with Gasteiger partial charge in [0.15, 0.2) is 0 Å². The molecule has 168 valence electrons. The third-order valence-electron chi connectivity index (χ3n) is 4.09. The van der Waals surface area contributed by atoms with Gasteiger partial charge in [-0.05, 0) is 60.1 Å². The van der Waals surface area contributed by atoms with Crippen LogP contribution >= 0.6 is 0 Å². The minimum absolute atomic E-state index is 0.0455. The fraction of sp³-hybridized carbons (Fsp3) is 0.591. The van der Waals surface area contributed by atoms with Gasteiger partial charge >= 0.3 is 18.2 Å². The van der Waals surface area contributed by atoms with Crippen LogP contribution in [-0.4, -0.2) is 53.9 Å². The van der Waals surface area contributed by atoms with Crippen LogP contribution in [0.25, 0.3) is 0 Å². The van der Waals surface area contributed by atoms with E-state index in [9.17, 15) is 14.4 Å². The average Bonchev–Trinajstić information content (AvgIpc) is 2.66. The Balaban J connectivity index is 2.74. The first kappa shape index (κ1) is 25.4. The van der Waals surface area contributed by atoms with E-state index in [4.69, 9.17) is 14.2 Å². The zero-order valence-corrected chi connectivity index (χ0v) is 18.8. The zero-order valence-electron chi connectivity index (χ0n) is 18.8. The zero-order chi connectivity index (χ0) is 22.7. The standard InChI is InChI=1S/C22H34N2O6/c1-7-28-19(25)17(3)23-14-13-16(2)24(21(27)30-22(4,5)6)20(26)29-15-18-11-9-8-10-12-18/h8-12,16-17,23H,7,13-15H2,1-6H3/t16-,17-/m1/s1. The second-order valence-corrected chi connectivity index (χ2v) is 7.96. The average molecular weight is 423 g/mol. The Hall–Kier alpha value is -2.61. The summed E-state index contributed by atoms with van der Waals surface area (Å²) < 4.78 is 15.7. The van der Waals surface area contributed by atoms with Crippen molar-refractivity contribution in [1.82, 2.24) is 10.2 Å². The first-order chi connectivity index (χ1) is 14.0. The van der Waals surface area contributed by atoms with E-state index in [0.29, 0.717) is 19.6 Å². The SMILES string of the molecule is CCOC(=O)[C@@H](C)NCC[C@@H](C)N(C(=O)OCc1ccccc1)C(=O)OC(C)(C)C. The number of nitrogens with one attached hydrogen (secondary N) is 1. The molecular weight excluding hydrogens is 388 g/mol. The van der Waals surface area contributed by atoms with E-state index in [0.717, 1.165) is 10.5 Å². The van der Waals surface area contributed by atoms with Crippen molar-refractivity contribution in [3.8, 4) is 0 Å². The van der Waals surface area contributed by atoms with Gasteiger partial charge in [0.25, 0.3) is 0 Å². The number of benzene rings is 1. The van der Waals surface area contributed by atoms with Crippen molar-refractivity contribution in [1.29, 1.82) is 0 Å². The molecule has 0 aliphatic heterocycles. The van der Waals surface area contributed by atoms with E-state index in [1.807, 2.05) is 30.3 Å². The normalized spacial score (nSPS) is 13.1. The van der Waals surface area contributed by atoms with E-state index in [-0.39, 0.29) is 12.6 Å². The Morgan fingerprint density at radius 3 is 2.23 bits per heavy atom. The first-order valence-corrected chi connectivity index (χ1v) is 10.2. The van der Waals surface area contributed by atoms with Gasteiger partial charge in [-0.15, -0.1) is 0 Å². The van der Waals surface area contributed by atoms with Crippen LogP contribution in [0.2, 0.25) is 0 Å². The molecule has 0 fully saturated rings. The van der Waals surface area contributed by atoms with Crippen LogP contribution in [0.15, 0.2) is 30.3 Å². The fourth-order valence-corrected chi connectivity index (χ4v) is 2.52. The number of hydrogen-bond acceptors (Lipinski definition) is 7. The van der Waals surface area contributed by atoms with Crippen molar-refractivity contribution in [3.63, 3.8) is 0 Å². The van der Waals surface area contributed by atoms with E-state index < -0.39 is 29.9 Å². The number of hydrogen-bond donors (Lipinski definition) is 1. The number of amides is 2. The van der Waals surface area contributed by atoms with Crippen LogP contribution < -0.4 is 5.32 Å². The Morgan fingerprint density at radius 1 is 1.03 bits per heavy atom. The highest BCUT2D eigenvalue weighted by atomic mass is 16.6. The molecule has 1 N–H and O–H groups in total. The summed E-state index contributed by atoms with van der Waals surface area (Å²) in [6.45, 7) is 11.1. The molecule has 0 saturated carbocycles. The smallest absolute Gasteiger partial charge is 0.420 e. The summed E-state index contributed by atoms with van der Waals surface area (Å²) in [5, 5.41) is 3.03. The molecule has 0 aliphatic carbocycles. The van der Waals surface area contributed by atoms with Gasteiger partial charge in [-0.3, -0.25) is 4.79 Å². The second kappa shape index (κ2) is 12.2. The minimum Gasteiger partial charge on any atom is -0.465 e. The number of nitrogens with zero attached hydrogens (tertiary/aromatic N) is 1. The molecule has 0 bridgehead atoms. The maximum atomic E-state index is 12.7.